The van der Waals surface area contributed by atoms with Crippen molar-refractivity contribution >= 4 is 15.9 Å². The van der Waals surface area contributed by atoms with Crippen LogP contribution in [0.5, 0.6) is 0 Å². The molecule has 0 aliphatic heterocycles. The highest BCUT2D eigenvalue weighted by molar-refractivity contribution is 7.89. The van der Waals surface area contributed by atoms with Crippen molar-refractivity contribution < 1.29 is 17.6 Å². The number of rotatable bonds is 7. The summed E-state index contributed by atoms with van der Waals surface area (Å²) in [5, 5.41) is 2.57. The first-order valence-electron chi connectivity index (χ1n) is 7.52. The van der Waals surface area contributed by atoms with Gasteiger partial charge in [0.1, 0.15) is 5.76 Å². The molecule has 24 heavy (non-hydrogen) atoms. The maximum absolute atomic E-state index is 11.9. The second-order valence-corrected chi connectivity index (χ2v) is 7.48. The second-order valence-electron chi connectivity index (χ2n) is 5.44. The monoisotopic (exact) mass is 351 g/mol. The summed E-state index contributed by atoms with van der Waals surface area (Å²) in [6.45, 7) is 3.79. The molecular formula is C16H21N3O4S. The molecule has 130 valence electrons. The summed E-state index contributed by atoms with van der Waals surface area (Å²) >= 11 is 0. The zero-order valence-electron chi connectivity index (χ0n) is 13.9. The largest absolute Gasteiger partial charge is 0.441 e. The van der Waals surface area contributed by atoms with E-state index in [4.69, 9.17) is 4.42 Å². The number of aryl methyl sites for hydroxylation is 2. The van der Waals surface area contributed by atoms with Gasteiger partial charge in [0.15, 0.2) is 0 Å². The van der Waals surface area contributed by atoms with Crippen molar-refractivity contribution in [2.45, 2.75) is 20.3 Å². The predicted octanol–water partition coefficient (Wildman–Crippen LogP) is 1.17. The zero-order chi connectivity index (χ0) is 17.7. The highest BCUT2D eigenvalue weighted by Crippen LogP contribution is 2.22. The fourth-order valence-electron chi connectivity index (χ4n) is 2.05. The van der Waals surface area contributed by atoms with Crippen LogP contribution in [0.15, 0.2) is 28.7 Å². The second kappa shape index (κ2) is 7.59. The Hall–Kier alpha value is -2.19. The van der Waals surface area contributed by atoms with Crippen molar-refractivity contribution in [3.8, 4) is 11.5 Å². The van der Waals surface area contributed by atoms with Crippen LogP contribution in [0.3, 0.4) is 0 Å². The number of carbonyl (C=O) groups excluding carboxylic acids is 1. The van der Waals surface area contributed by atoms with Gasteiger partial charge in [-0.15, -0.1) is 0 Å². The molecule has 2 rings (SSSR count). The van der Waals surface area contributed by atoms with E-state index in [0.717, 1.165) is 11.1 Å². The maximum atomic E-state index is 11.9. The van der Waals surface area contributed by atoms with E-state index in [1.807, 2.05) is 31.2 Å². The molecule has 0 radical (unpaired) electrons. The number of hydrogen-bond donors (Lipinski definition) is 2. The number of benzene rings is 1. The molecule has 0 saturated heterocycles. The van der Waals surface area contributed by atoms with Gasteiger partial charge >= 0.3 is 0 Å². The van der Waals surface area contributed by atoms with E-state index in [9.17, 15) is 13.2 Å². The van der Waals surface area contributed by atoms with Gasteiger partial charge in [0.05, 0.1) is 17.9 Å². The predicted molar refractivity (Wildman–Crippen MR) is 91.0 cm³/mol. The molecule has 0 aliphatic carbocycles. The summed E-state index contributed by atoms with van der Waals surface area (Å²) in [7, 11) is -1.99. The molecule has 0 bridgehead atoms. The van der Waals surface area contributed by atoms with E-state index >= 15 is 0 Å². The SMILES string of the molecule is CNS(=O)(=O)CCNC(=O)Cc1nc(-c2ccc(C)cc2)oc1C. The van der Waals surface area contributed by atoms with Crippen LogP contribution in [-0.2, 0) is 21.2 Å². The molecule has 0 saturated carbocycles. The van der Waals surface area contributed by atoms with Gasteiger partial charge in [0.2, 0.25) is 21.8 Å². The van der Waals surface area contributed by atoms with Gasteiger partial charge in [-0.3, -0.25) is 4.79 Å². The molecule has 2 aromatic rings. The van der Waals surface area contributed by atoms with Gasteiger partial charge in [-0.05, 0) is 33.0 Å². The van der Waals surface area contributed by atoms with Gasteiger partial charge in [0.25, 0.3) is 0 Å². The lowest BCUT2D eigenvalue weighted by Crippen LogP contribution is -2.33. The summed E-state index contributed by atoms with van der Waals surface area (Å²) in [6, 6.07) is 7.74. The number of amides is 1. The van der Waals surface area contributed by atoms with Gasteiger partial charge < -0.3 is 9.73 Å². The third kappa shape index (κ3) is 4.90. The molecule has 0 spiro atoms. The van der Waals surface area contributed by atoms with E-state index in [1.165, 1.54) is 7.05 Å². The Morgan fingerprint density at radius 2 is 1.88 bits per heavy atom. The topological polar surface area (TPSA) is 101 Å². The number of oxazole rings is 1. The Kier molecular flexibility index (Phi) is 5.74. The van der Waals surface area contributed by atoms with Crippen LogP contribution < -0.4 is 10.0 Å². The van der Waals surface area contributed by atoms with Crippen LogP contribution in [0.4, 0.5) is 0 Å². The van der Waals surface area contributed by atoms with Crippen LogP contribution in [0.1, 0.15) is 17.0 Å². The number of aromatic nitrogens is 1. The van der Waals surface area contributed by atoms with Crippen molar-refractivity contribution in [1.82, 2.24) is 15.0 Å². The standard InChI is InChI=1S/C16H21N3O4S/c1-11-4-6-13(7-5-11)16-19-14(12(2)23-16)10-15(20)18-8-9-24(21,22)17-3/h4-7,17H,8-10H2,1-3H3,(H,18,20). The molecule has 1 heterocycles. The summed E-state index contributed by atoms with van der Waals surface area (Å²) in [6.07, 6.45) is 0.0425. The molecule has 0 fully saturated rings. The van der Waals surface area contributed by atoms with Crippen molar-refractivity contribution in [3.05, 3.63) is 41.3 Å². The third-order valence-electron chi connectivity index (χ3n) is 3.52. The quantitative estimate of drug-likeness (QED) is 0.780. The lowest BCUT2D eigenvalue weighted by molar-refractivity contribution is -0.120. The van der Waals surface area contributed by atoms with Crippen molar-refractivity contribution in [2.24, 2.45) is 0 Å². The molecule has 1 aromatic heterocycles. The average Bonchev–Trinajstić information content (AvgIpc) is 2.88. The lowest BCUT2D eigenvalue weighted by atomic mass is 10.1. The van der Waals surface area contributed by atoms with E-state index < -0.39 is 10.0 Å². The van der Waals surface area contributed by atoms with Crippen LogP contribution in [0.25, 0.3) is 11.5 Å². The molecule has 0 atom stereocenters. The molecule has 7 nitrogen and oxygen atoms in total. The number of nitrogens with one attached hydrogen (secondary N) is 2. The normalized spacial score (nSPS) is 11.5. The third-order valence-corrected chi connectivity index (χ3v) is 4.89. The van der Waals surface area contributed by atoms with E-state index in [-0.39, 0.29) is 24.6 Å². The zero-order valence-corrected chi connectivity index (χ0v) is 14.7. The maximum Gasteiger partial charge on any atom is 0.226 e. The molecule has 1 amide bonds. The minimum Gasteiger partial charge on any atom is -0.441 e. The summed E-state index contributed by atoms with van der Waals surface area (Å²) in [5.74, 6) is 0.576. The first-order chi connectivity index (χ1) is 11.3. The van der Waals surface area contributed by atoms with E-state index in [0.29, 0.717) is 17.3 Å². The van der Waals surface area contributed by atoms with E-state index in [2.05, 4.69) is 15.0 Å². The number of hydrogen-bond acceptors (Lipinski definition) is 5. The fraction of sp³-hybridized carbons (Fsp3) is 0.375. The van der Waals surface area contributed by atoms with Crippen molar-refractivity contribution in [1.29, 1.82) is 0 Å². The van der Waals surface area contributed by atoms with Crippen LogP contribution in [-0.4, -0.2) is 38.7 Å². The number of sulfonamides is 1. The molecule has 0 aliphatic rings. The Labute approximate surface area is 141 Å². The van der Waals surface area contributed by atoms with E-state index in [1.54, 1.807) is 6.92 Å². The van der Waals surface area contributed by atoms with Crippen molar-refractivity contribution in [3.63, 3.8) is 0 Å². The minimum absolute atomic E-state index is 0.0425. The molecular weight excluding hydrogens is 330 g/mol. The summed E-state index contributed by atoms with van der Waals surface area (Å²) in [5.41, 5.74) is 2.52. The summed E-state index contributed by atoms with van der Waals surface area (Å²) < 4.78 is 30.4. The van der Waals surface area contributed by atoms with Gasteiger partial charge in [0, 0.05) is 12.1 Å². The fourth-order valence-corrected chi connectivity index (χ4v) is 2.63. The average molecular weight is 351 g/mol. The molecule has 8 heteroatoms. The van der Waals surface area contributed by atoms with Gasteiger partial charge in [-0.25, -0.2) is 18.1 Å². The van der Waals surface area contributed by atoms with Crippen molar-refractivity contribution in [2.75, 3.05) is 19.3 Å². The van der Waals surface area contributed by atoms with Gasteiger partial charge in [-0.1, -0.05) is 17.7 Å². The highest BCUT2D eigenvalue weighted by atomic mass is 32.2. The Morgan fingerprint density at radius 3 is 2.50 bits per heavy atom. The Balaban J connectivity index is 1.98. The lowest BCUT2D eigenvalue weighted by Gasteiger charge is -2.04. The molecule has 2 N–H and O–H groups in total. The number of nitrogens with zero attached hydrogens (tertiary/aromatic N) is 1. The van der Waals surface area contributed by atoms with Crippen LogP contribution in [0, 0.1) is 13.8 Å². The summed E-state index contributed by atoms with van der Waals surface area (Å²) in [4.78, 5) is 16.3. The van der Waals surface area contributed by atoms with Crippen LogP contribution >= 0.6 is 0 Å². The Morgan fingerprint density at radius 1 is 1.21 bits per heavy atom. The first kappa shape index (κ1) is 18.2. The Bertz CT molecular complexity index is 810. The molecule has 1 aromatic carbocycles. The van der Waals surface area contributed by atoms with Crippen LogP contribution in [0.2, 0.25) is 0 Å². The smallest absolute Gasteiger partial charge is 0.226 e. The number of carbonyl (C=O) groups is 1. The first-order valence-corrected chi connectivity index (χ1v) is 9.17. The molecule has 0 unspecified atom stereocenters. The minimum atomic E-state index is -3.33. The van der Waals surface area contributed by atoms with Gasteiger partial charge in [-0.2, -0.15) is 0 Å². The highest BCUT2D eigenvalue weighted by Gasteiger charge is 2.15.